The van der Waals surface area contributed by atoms with Gasteiger partial charge in [0.05, 0.1) is 11.4 Å². The van der Waals surface area contributed by atoms with E-state index >= 15 is 0 Å². The summed E-state index contributed by atoms with van der Waals surface area (Å²) in [6.07, 6.45) is 2.68. The van der Waals surface area contributed by atoms with E-state index in [1.54, 1.807) is 0 Å². The molecule has 3 nitrogen and oxygen atoms in total. The van der Waals surface area contributed by atoms with Gasteiger partial charge in [0.1, 0.15) is 5.16 Å². The summed E-state index contributed by atoms with van der Waals surface area (Å²) in [5.74, 6) is 0.143. The van der Waals surface area contributed by atoms with Crippen LogP contribution in [0, 0.1) is 5.92 Å². The Hall–Kier alpha value is 0.680. The molecule has 1 rings (SSSR count). The monoisotopic (exact) mass is 345 g/mol. The minimum Gasteiger partial charge on any atom is -0.465 e. The zero-order chi connectivity index (χ0) is 10.8. The molecule has 0 aromatic carbocycles. The number of hydrogen-bond donors (Lipinski definition) is 1. The third-order valence-electron chi connectivity index (χ3n) is 2.30. The predicted octanol–water partition coefficient (Wildman–Crippen LogP) is 2.85. The van der Waals surface area contributed by atoms with Gasteiger partial charge in [-0.25, -0.2) is 0 Å². The molecule has 0 amide bonds. The highest BCUT2D eigenvalue weighted by Gasteiger charge is 2.64. The largest absolute Gasteiger partial charge is 0.465 e. The second kappa shape index (κ2) is 5.14. The first kappa shape index (κ1) is 12.7. The number of carbonyl (C=O) groups excluding carboxylic acids is 1. The summed E-state index contributed by atoms with van der Waals surface area (Å²) < 4.78 is 4.49. The lowest BCUT2D eigenvalue weighted by molar-refractivity contribution is -0.143. The molecule has 6 heteroatoms. The zero-order valence-electron chi connectivity index (χ0n) is 7.90. The van der Waals surface area contributed by atoms with Crippen molar-refractivity contribution in [3.05, 3.63) is 12.7 Å². The van der Waals surface area contributed by atoms with Gasteiger partial charge in [-0.05, 0) is 52.9 Å². The van der Waals surface area contributed by atoms with E-state index in [4.69, 9.17) is 9.88 Å². The lowest BCUT2D eigenvalue weighted by Gasteiger charge is -2.18. The van der Waals surface area contributed by atoms with Crippen molar-refractivity contribution in [2.75, 3.05) is 6.61 Å². The molecule has 1 saturated carbocycles. The Bertz CT molecular complexity index is 253. The van der Waals surface area contributed by atoms with Crippen molar-refractivity contribution in [2.24, 2.45) is 11.1 Å². The molecule has 0 bridgehead atoms. The third kappa shape index (κ3) is 2.10. The van der Waals surface area contributed by atoms with Gasteiger partial charge in [0, 0.05) is 0 Å². The fraction of sp³-hybridized carbons (Fsp3) is 0.625. The molecule has 0 aliphatic heterocycles. The van der Waals surface area contributed by atoms with Crippen LogP contribution in [0.2, 0.25) is 0 Å². The summed E-state index contributed by atoms with van der Waals surface area (Å²) in [7, 11) is 0. The number of allylic oxidation sites excluding steroid dienone is 1. The predicted molar refractivity (Wildman–Crippen MR) is 70.4 cm³/mol. The van der Waals surface area contributed by atoms with Crippen LogP contribution in [0.15, 0.2) is 12.7 Å². The fourth-order valence-electron chi connectivity index (χ4n) is 1.41. The van der Waals surface area contributed by atoms with E-state index in [9.17, 15) is 4.79 Å². The van der Waals surface area contributed by atoms with E-state index in [-0.39, 0.29) is 17.0 Å². The van der Waals surface area contributed by atoms with Crippen molar-refractivity contribution in [3.63, 3.8) is 0 Å². The summed E-state index contributed by atoms with van der Waals surface area (Å²) in [4.78, 5) is 11.8. The number of carbonyl (C=O) groups is 1. The van der Waals surface area contributed by atoms with Crippen molar-refractivity contribution in [3.8, 4) is 0 Å². The number of rotatable bonds is 5. The van der Waals surface area contributed by atoms with E-state index in [2.05, 4.69) is 28.6 Å². The molecule has 0 radical (unpaired) electrons. The summed E-state index contributed by atoms with van der Waals surface area (Å²) >= 11 is 3.53. The Kier molecular flexibility index (Phi) is 4.68. The molecule has 2 N–H and O–H groups in total. The molecule has 0 aromatic rings. The van der Waals surface area contributed by atoms with Gasteiger partial charge in [-0.2, -0.15) is 0 Å². The number of hydrogen-bond acceptors (Lipinski definition) is 4. The molecule has 0 spiro atoms. The van der Waals surface area contributed by atoms with Crippen molar-refractivity contribution in [2.45, 2.75) is 18.5 Å². The quantitative estimate of drug-likeness (QED) is 0.274. The van der Waals surface area contributed by atoms with E-state index in [1.165, 1.54) is 11.6 Å². The molecule has 14 heavy (non-hydrogen) atoms. The molecule has 3 atom stereocenters. The molecule has 0 aromatic heterocycles. The molecule has 80 valence electrons. The maximum absolute atomic E-state index is 11.8. The van der Waals surface area contributed by atoms with Crippen LogP contribution in [0.25, 0.3) is 0 Å². The molecule has 0 saturated heterocycles. The minimum atomic E-state index is -0.588. The van der Waals surface area contributed by atoms with Crippen LogP contribution in [0.3, 0.4) is 0 Å². The van der Waals surface area contributed by atoms with Crippen LogP contribution in [0.4, 0.5) is 0 Å². The first-order chi connectivity index (χ1) is 6.63. The molecule has 1 aliphatic rings. The Morgan fingerprint density at radius 1 is 2.00 bits per heavy atom. The van der Waals surface area contributed by atoms with Crippen LogP contribution in [-0.4, -0.2) is 17.7 Å². The number of halogens is 1. The molecular weight excluding hydrogens is 332 g/mol. The van der Waals surface area contributed by atoms with Gasteiger partial charge in [-0.1, -0.05) is 6.08 Å². The fourth-order valence-corrected chi connectivity index (χ4v) is 6.19. The molecule has 1 unspecified atom stereocenters. The Balaban J connectivity index is 2.75. The summed E-state index contributed by atoms with van der Waals surface area (Å²) in [5.41, 5.74) is 0. The van der Waals surface area contributed by atoms with Gasteiger partial charge in [-0.3, -0.25) is 9.93 Å². The van der Waals surface area contributed by atoms with Crippen LogP contribution in [0.5, 0.6) is 0 Å². The highest BCUT2D eigenvalue weighted by molar-refractivity contribution is 14.2. The smallest absolute Gasteiger partial charge is 0.318 e. The molecule has 1 fully saturated rings. The van der Waals surface area contributed by atoms with Gasteiger partial charge in [-0.15, -0.1) is 6.58 Å². The maximum atomic E-state index is 11.8. The maximum Gasteiger partial charge on any atom is 0.318 e. The van der Waals surface area contributed by atoms with Crippen molar-refractivity contribution < 1.29 is 9.53 Å². The van der Waals surface area contributed by atoms with E-state index < -0.39 is 4.77 Å². The van der Waals surface area contributed by atoms with Crippen LogP contribution >= 0.6 is 38.4 Å². The van der Waals surface area contributed by atoms with Crippen molar-refractivity contribution in [1.82, 2.24) is 0 Å². The van der Waals surface area contributed by atoms with E-state index in [0.29, 0.717) is 6.61 Å². The topological polar surface area (TPSA) is 52.3 Å². The number of ether oxygens (including phenoxy) is 1. The first-order valence-corrected chi connectivity index (χ1v) is 9.87. The number of esters is 1. The minimum absolute atomic E-state index is 0.108. The average molecular weight is 345 g/mol. The van der Waals surface area contributed by atoms with Crippen molar-refractivity contribution in [1.29, 1.82) is 0 Å². The summed E-state index contributed by atoms with van der Waals surface area (Å²) in [6.45, 7) is 5.98. The highest BCUT2D eigenvalue weighted by Crippen LogP contribution is 2.77. The number of nitrogens with two attached hydrogens (primary N) is 1. The zero-order valence-corrected chi connectivity index (χ0v) is 11.8. The second-order valence-electron chi connectivity index (χ2n) is 3.04. The molecule has 0 heterocycles. The first-order valence-electron chi connectivity index (χ1n) is 4.26. The average Bonchev–Trinajstić information content (AvgIpc) is 2.92. The van der Waals surface area contributed by atoms with Gasteiger partial charge in [0.25, 0.3) is 0 Å². The normalized spacial score (nSPS) is 32.1. The van der Waals surface area contributed by atoms with Gasteiger partial charge >= 0.3 is 5.97 Å². The third-order valence-corrected chi connectivity index (χ3v) is 9.98. The van der Waals surface area contributed by atoms with Gasteiger partial charge < -0.3 is 4.74 Å². The lowest BCUT2D eigenvalue weighted by atomic mass is 10.3. The second-order valence-corrected chi connectivity index (χ2v) is 11.1. The van der Waals surface area contributed by atoms with E-state index in [1.807, 2.05) is 13.0 Å². The van der Waals surface area contributed by atoms with Crippen LogP contribution in [-0.2, 0) is 9.53 Å². The Morgan fingerprint density at radius 3 is 3.00 bits per heavy atom. The van der Waals surface area contributed by atoms with Crippen LogP contribution in [0.1, 0.15) is 13.3 Å². The Labute approximate surface area is 102 Å². The molecular formula is C8H13INO2PS. The lowest BCUT2D eigenvalue weighted by Crippen LogP contribution is -2.24. The van der Waals surface area contributed by atoms with Gasteiger partial charge in [0.15, 0.2) is 0 Å². The van der Waals surface area contributed by atoms with Crippen molar-refractivity contribution >= 4 is 44.3 Å². The summed E-state index contributed by atoms with van der Waals surface area (Å²) in [6, 6.07) is 0. The SMILES string of the molecule is C=C[C@@H]1C[C@@]1(C(=O)OCC)P(I)SN. The summed E-state index contributed by atoms with van der Waals surface area (Å²) in [5, 5.41) is 5.19. The van der Waals surface area contributed by atoms with Gasteiger partial charge in [0.2, 0.25) is 0 Å². The highest BCUT2D eigenvalue weighted by atomic mass is 127. The molecule has 1 aliphatic carbocycles. The van der Waals surface area contributed by atoms with Crippen LogP contribution < -0.4 is 5.14 Å². The van der Waals surface area contributed by atoms with E-state index in [0.717, 1.165) is 6.42 Å². The Morgan fingerprint density at radius 2 is 2.64 bits per heavy atom. The standard InChI is InChI=1S/C8H13INO2PS/c1-3-6-5-8(6,13(9)14-10)7(11)12-4-2/h3,6H,1,4-5,10H2,2H3/t6-,8-,13?/m1/s1.